The second kappa shape index (κ2) is 7.07. The molecule has 0 amide bonds. The summed E-state index contributed by atoms with van der Waals surface area (Å²) in [5.74, 6) is 0.742. The van der Waals surface area contributed by atoms with E-state index in [4.69, 9.17) is 5.26 Å². The van der Waals surface area contributed by atoms with Crippen LogP contribution in [-0.4, -0.2) is 20.5 Å². The molecule has 0 saturated carbocycles. The lowest BCUT2D eigenvalue weighted by atomic mass is 10.1. The van der Waals surface area contributed by atoms with E-state index in [0.29, 0.717) is 11.6 Å². The molecule has 0 aliphatic heterocycles. The molecule has 0 saturated heterocycles. The Morgan fingerprint density at radius 2 is 1.78 bits per heavy atom. The molecule has 3 rings (SSSR count). The van der Waals surface area contributed by atoms with Gasteiger partial charge in [-0.25, -0.2) is 4.39 Å². The predicted molar refractivity (Wildman–Crippen MR) is 86.9 cm³/mol. The minimum Gasteiger partial charge on any atom is -0.274 e. The summed E-state index contributed by atoms with van der Waals surface area (Å²) in [6, 6.07) is 18.2. The van der Waals surface area contributed by atoms with Gasteiger partial charge in [0.1, 0.15) is 11.6 Å². The van der Waals surface area contributed by atoms with Crippen LogP contribution in [0.1, 0.15) is 11.4 Å². The van der Waals surface area contributed by atoms with Gasteiger partial charge < -0.3 is 0 Å². The van der Waals surface area contributed by atoms with Crippen molar-refractivity contribution in [3.63, 3.8) is 0 Å². The Kier molecular flexibility index (Phi) is 4.69. The summed E-state index contributed by atoms with van der Waals surface area (Å²) < 4.78 is 15.1. The third-order valence-electron chi connectivity index (χ3n) is 3.26. The number of aromatic nitrogens is 3. The maximum Gasteiger partial charge on any atom is 0.196 e. The first-order valence-electron chi connectivity index (χ1n) is 7.02. The second-order valence-corrected chi connectivity index (χ2v) is 5.76. The minimum atomic E-state index is -0.294. The zero-order valence-corrected chi connectivity index (χ0v) is 13.0. The van der Waals surface area contributed by atoms with Crippen LogP contribution in [0.15, 0.2) is 59.8 Å². The normalized spacial score (nSPS) is 10.4. The summed E-state index contributed by atoms with van der Waals surface area (Å²) in [6.07, 6.45) is 0.609. The fraction of sp³-hybridized carbons (Fsp3) is 0.118. The van der Waals surface area contributed by atoms with Gasteiger partial charge in [-0.3, -0.25) is 4.57 Å². The van der Waals surface area contributed by atoms with E-state index in [1.54, 1.807) is 12.1 Å². The van der Waals surface area contributed by atoms with Gasteiger partial charge in [-0.05, 0) is 29.8 Å². The summed E-state index contributed by atoms with van der Waals surface area (Å²) in [4.78, 5) is 0. The van der Waals surface area contributed by atoms with Crippen LogP contribution in [0.5, 0.6) is 0 Å². The topological polar surface area (TPSA) is 54.5 Å². The van der Waals surface area contributed by atoms with Gasteiger partial charge in [0.15, 0.2) is 5.16 Å². The van der Waals surface area contributed by atoms with E-state index in [0.717, 1.165) is 17.1 Å². The van der Waals surface area contributed by atoms with Crippen LogP contribution in [-0.2, 0) is 6.42 Å². The van der Waals surface area contributed by atoms with Crippen molar-refractivity contribution in [2.45, 2.75) is 11.6 Å². The van der Waals surface area contributed by atoms with Gasteiger partial charge in [0, 0.05) is 12.1 Å². The van der Waals surface area contributed by atoms with Gasteiger partial charge in [0.25, 0.3) is 0 Å². The molecule has 0 N–H and O–H groups in total. The third kappa shape index (κ3) is 3.58. The molecule has 0 bridgehead atoms. The van der Waals surface area contributed by atoms with Gasteiger partial charge >= 0.3 is 0 Å². The van der Waals surface area contributed by atoms with E-state index < -0.39 is 0 Å². The molecule has 1 aromatic heterocycles. The van der Waals surface area contributed by atoms with Gasteiger partial charge in [-0.15, -0.1) is 10.2 Å². The van der Waals surface area contributed by atoms with E-state index in [-0.39, 0.29) is 11.6 Å². The number of rotatable bonds is 5. The Morgan fingerprint density at radius 3 is 2.48 bits per heavy atom. The van der Waals surface area contributed by atoms with Gasteiger partial charge in [0.05, 0.1) is 11.8 Å². The summed E-state index contributed by atoms with van der Waals surface area (Å²) in [7, 11) is 0. The summed E-state index contributed by atoms with van der Waals surface area (Å²) in [5, 5.41) is 17.9. The number of nitrogens with zero attached hydrogens (tertiary/aromatic N) is 4. The molecule has 4 nitrogen and oxygen atoms in total. The van der Waals surface area contributed by atoms with Crippen molar-refractivity contribution in [1.82, 2.24) is 14.8 Å². The van der Waals surface area contributed by atoms with Crippen molar-refractivity contribution >= 4 is 11.8 Å². The fourth-order valence-corrected chi connectivity index (χ4v) is 2.87. The Bertz CT molecular complexity index is 822. The highest BCUT2D eigenvalue weighted by Crippen LogP contribution is 2.23. The lowest BCUT2D eigenvalue weighted by Gasteiger charge is -2.09. The summed E-state index contributed by atoms with van der Waals surface area (Å²) >= 11 is 1.31. The molecular formula is C17H13FN4S. The van der Waals surface area contributed by atoms with Crippen molar-refractivity contribution in [1.29, 1.82) is 5.26 Å². The van der Waals surface area contributed by atoms with Crippen molar-refractivity contribution < 1.29 is 4.39 Å². The minimum absolute atomic E-state index is 0.282. The van der Waals surface area contributed by atoms with Crippen LogP contribution in [0.2, 0.25) is 0 Å². The van der Waals surface area contributed by atoms with Crippen molar-refractivity contribution in [3.8, 4) is 11.8 Å². The first-order valence-corrected chi connectivity index (χ1v) is 8.00. The number of thioether (sulfide) groups is 1. The highest BCUT2D eigenvalue weighted by Gasteiger charge is 2.15. The smallest absolute Gasteiger partial charge is 0.196 e. The lowest BCUT2D eigenvalue weighted by molar-refractivity contribution is 0.627. The third-order valence-corrected chi connectivity index (χ3v) is 4.05. The number of hydrogen-bond acceptors (Lipinski definition) is 4. The van der Waals surface area contributed by atoms with Crippen LogP contribution >= 0.6 is 11.8 Å². The Morgan fingerprint density at radius 1 is 1.04 bits per heavy atom. The van der Waals surface area contributed by atoms with Crippen LogP contribution in [0.25, 0.3) is 5.69 Å². The van der Waals surface area contributed by atoms with E-state index in [1.165, 1.54) is 23.9 Å². The van der Waals surface area contributed by atoms with Crippen LogP contribution in [0, 0.1) is 17.1 Å². The molecule has 114 valence electrons. The average molecular weight is 324 g/mol. The molecule has 6 heteroatoms. The Hall–Kier alpha value is -2.65. The van der Waals surface area contributed by atoms with E-state index in [9.17, 15) is 4.39 Å². The highest BCUT2D eigenvalue weighted by atomic mass is 32.2. The Labute approximate surface area is 137 Å². The maximum atomic E-state index is 13.2. The van der Waals surface area contributed by atoms with Crippen molar-refractivity contribution in [2.24, 2.45) is 0 Å². The molecule has 0 unspecified atom stereocenters. The van der Waals surface area contributed by atoms with E-state index in [2.05, 4.69) is 16.3 Å². The standard InChI is InChI=1S/C17H13FN4S/c18-14-6-8-15(9-7-14)22-16(12-13-4-2-1-3-5-13)20-21-17(22)23-11-10-19/h1-9H,11-12H2. The van der Waals surface area contributed by atoms with Crippen LogP contribution in [0.4, 0.5) is 4.39 Å². The molecule has 0 radical (unpaired) electrons. The first-order chi connectivity index (χ1) is 11.3. The van der Waals surface area contributed by atoms with E-state index >= 15 is 0 Å². The molecule has 3 aromatic rings. The van der Waals surface area contributed by atoms with Gasteiger partial charge in [-0.2, -0.15) is 5.26 Å². The van der Waals surface area contributed by atoms with Gasteiger partial charge in [0.2, 0.25) is 0 Å². The van der Waals surface area contributed by atoms with Gasteiger partial charge in [-0.1, -0.05) is 42.1 Å². The van der Waals surface area contributed by atoms with E-state index in [1.807, 2.05) is 34.9 Å². The maximum absolute atomic E-state index is 13.2. The predicted octanol–water partition coefficient (Wildman–Crippen LogP) is 3.61. The molecule has 0 aliphatic rings. The highest BCUT2D eigenvalue weighted by molar-refractivity contribution is 7.99. The molecule has 0 aliphatic carbocycles. The zero-order valence-electron chi connectivity index (χ0n) is 12.2. The SMILES string of the molecule is N#CCSc1nnc(Cc2ccccc2)n1-c1ccc(F)cc1. The second-order valence-electron chi connectivity index (χ2n) is 4.82. The van der Waals surface area contributed by atoms with Crippen LogP contribution < -0.4 is 0 Å². The summed E-state index contributed by atoms with van der Waals surface area (Å²) in [6.45, 7) is 0. The molecule has 0 atom stereocenters. The number of halogens is 1. The van der Waals surface area contributed by atoms with Crippen molar-refractivity contribution in [3.05, 3.63) is 71.8 Å². The molecule has 0 spiro atoms. The molecule has 1 heterocycles. The number of hydrogen-bond donors (Lipinski definition) is 0. The largest absolute Gasteiger partial charge is 0.274 e. The van der Waals surface area contributed by atoms with Crippen LogP contribution in [0.3, 0.4) is 0 Å². The quantitative estimate of drug-likeness (QED) is 0.673. The zero-order chi connectivity index (χ0) is 16.1. The molecule has 2 aromatic carbocycles. The van der Waals surface area contributed by atoms with Crippen molar-refractivity contribution in [2.75, 3.05) is 5.75 Å². The lowest BCUT2D eigenvalue weighted by Crippen LogP contribution is -2.04. The molecule has 0 fully saturated rings. The monoisotopic (exact) mass is 324 g/mol. The fourth-order valence-electron chi connectivity index (χ4n) is 2.23. The molecular weight excluding hydrogens is 311 g/mol. The number of benzene rings is 2. The molecule has 23 heavy (non-hydrogen) atoms. The average Bonchev–Trinajstić information content (AvgIpc) is 2.97. The Balaban J connectivity index is 2.00. The first kappa shape index (κ1) is 15.3. The number of nitriles is 1. The summed E-state index contributed by atoms with van der Waals surface area (Å²) in [5.41, 5.74) is 1.89.